The Balaban J connectivity index is 2.04. The molecule has 1 unspecified atom stereocenters. The molecule has 0 saturated carbocycles. The predicted molar refractivity (Wildman–Crippen MR) is 96.5 cm³/mol. The third-order valence-electron chi connectivity index (χ3n) is 3.61. The van der Waals surface area contributed by atoms with Crippen molar-refractivity contribution in [2.24, 2.45) is 12.0 Å². The third-order valence-corrected chi connectivity index (χ3v) is 4.45. The molecular formula is C16H22Cl2N4O2. The van der Waals surface area contributed by atoms with Crippen LogP contribution in [0.25, 0.3) is 0 Å². The van der Waals surface area contributed by atoms with Crippen molar-refractivity contribution in [3.8, 4) is 0 Å². The maximum absolute atomic E-state index is 10.5. The van der Waals surface area contributed by atoms with Crippen LogP contribution in [-0.2, 0) is 19.2 Å². The maximum atomic E-state index is 10.5. The van der Waals surface area contributed by atoms with Crippen LogP contribution in [0.2, 0.25) is 10.2 Å². The van der Waals surface area contributed by atoms with Crippen molar-refractivity contribution >= 4 is 29.2 Å². The number of furan rings is 1. The van der Waals surface area contributed by atoms with Crippen LogP contribution in [0.15, 0.2) is 33.9 Å². The molecule has 0 aromatic carbocycles. The molecule has 0 fully saturated rings. The Hall–Kier alpha value is -1.63. The molecule has 2 aromatic heterocycles. The lowest BCUT2D eigenvalue weighted by atomic mass is 10.0. The van der Waals surface area contributed by atoms with Gasteiger partial charge in [-0.25, -0.2) is 4.99 Å². The molecule has 0 aliphatic carbocycles. The van der Waals surface area contributed by atoms with Gasteiger partial charge < -0.3 is 24.7 Å². The molecule has 8 heteroatoms. The fraction of sp³-hybridized carbons (Fsp3) is 0.438. The zero-order valence-electron chi connectivity index (χ0n) is 13.9. The lowest BCUT2D eigenvalue weighted by Crippen LogP contribution is -2.44. The molecule has 0 amide bonds. The first-order valence-electron chi connectivity index (χ1n) is 7.63. The van der Waals surface area contributed by atoms with E-state index < -0.39 is 5.60 Å². The number of rotatable bonds is 6. The summed E-state index contributed by atoms with van der Waals surface area (Å²) in [7, 11) is 1.83. The van der Waals surface area contributed by atoms with E-state index in [-0.39, 0.29) is 6.54 Å². The van der Waals surface area contributed by atoms with Crippen molar-refractivity contribution in [3.05, 3.63) is 46.1 Å². The molecule has 0 radical (unpaired) electrons. The summed E-state index contributed by atoms with van der Waals surface area (Å²) >= 11 is 12.1. The van der Waals surface area contributed by atoms with Gasteiger partial charge in [0.25, 0.3) is 0 Å². The summed E-state index contributed by atoms with van der Waals surface area (Å²) in [5.41, 5.74) is -0.253. The number of aromatic nitrogens is 1. The number of aliphatic hydroxyl groups is 1. The predicted octanol–water partition coefficient (Wildman–Crippen LogP) is 2.89. The van der Waals surface area contributed by atoms with Crippen molar-refractivity contribution in [2.45, 2.75) is 26.0 Å². The van der Waals surface area contributed by atoms with Crippen LogP contribution >= 0.6 is 23.2 Å². The summed E-state index contributed by atoms with van der Waals surface area (Å²) in [6.07, 6.45) is 1.53. The minimum atomic E-state index is -1.14. The second-order valence-corrected chi connectivity index (χ2v) is 6.40. The molecule has 0 saturated heterocycles. The van der Waals surface area contributed by atoms with E-state index in [1.165, 1.54) is 6.26 Å². The highest BCUT2D eigenvalue weighted by Crippen LogP contribution is 2.25. The monoisotopic (exact) mass is 372 g/mol. The smallest absolute Gasteiger partial charge is 0.191 e. The Bertz CT molecular complexity index is 693. The summed E-state index contributed by atoms with van der Waals surface area (Å²) in [5, 5.41) is 17.7. The third kappa shape index (κ3) is 4.47. The van der Waals surface area contributed by atoms with Crippen LogP contribution in [0.1, 0.15) is 25.3 Å². The first-order valence-corrected chi connectivity index (χ1v) is 8.39. The van der Waals surface area contributed by atoms with E-state index in [1.54, 1.807) is 29.7 Å². The molecule has 132 valence electrons. The average molecular weight is 373 g/mol. The molecule has 2 aromatic rings. The molecular weight excluding hydrogens is 351 g/mol. The van der Waals surface area contributed by atoms with Gasteiger partial charge in [0.1, 0.15) is 16.5 Å². The fourth-order valence-electron chi connectivity index (χ4n) is 2.17. The topological polar surface area (TPSA) is 74.7 Å². The summed E-state index contributed by atoms with van der Waals surface area (Å²) in [5.74, 6) is 1.07. The van der Waals surface area contributed by atoms with Crippen LogP contribution in [0.4, 0.5) is 0 Å². The van der Waals surface area contributed by atoms with Crippen LogP contribution in [-0.4, -0.2) is 28.7 Å². The van der Waals surface area contributed by atoms with Gasteiger partial charge >= 0.3 is 0 Å². The van der Waals surface area contributed by atoms with Crippen molar-refractivity contribution in [1.82, 2.24) is 15.2 Å². The SMILES string of the molecule is CCNC(=NCc1cc(Cl)c(Cl)n1C)NCC(C)(O)c1ccco1. The Morgan fingerprint density at radius 1 is 1.42 bits per heavy atom. The van der Waals surface area contributed by atoms with Crippen molar-refractivity contribution < 1.29 is 9.52 Å². The van der Waals surface area contributed by atoms with Gasteiger partial charge in [0.2, 0.25) is 0 Å². The Labute approximate surface area is 151 Å². The number of halogens is 2. The van der Waals surface area contributed by atoms with E-state index in [9.17, 15) is 5.11 Å². The summed E-state index contributed by atoms with van der Waals surface area (Å²) < 4.78 is 7.06. The number of hydrogen-bond acceptors (Lipinski definition) is 3. The molecule has 2 heterocycles. The average Bonchev–Trinajstić information content (AvgIpc) is 3.16. The van der Waals surface area contributed by atoms with Gasteiger partial charge in [-0.15, -0.1) is 0 Å². The number of aliphatic imine (C=N–C) groups is 1. The van der Waals surface area contributed by atoms with E-state index in [0.29, 0.717) is 35.0 Å². The number of nitrogens with zero attached hydrogens (tertiary/aromatic N) is 2. The van der Waals surface area contributed by atoms with Crippen molar-refractivity contribution in [1.29, 1.82) is 0 Å². The van der Waals surface area contributed by atoms with E-state index in [4.69, 9.17) is 27.6 Å². The highest BCUT2D eigenvalue weighted by atomic mass is 35.5. The number of hydrogen-bond donors (Lipinski definition) is 3. The zero-order valence-corrected chi connectivity index (χ0v) is 15.4. The molecule has 0 spiro atoms. The molecule has 24 heavy (non-hydrogen) atoms. The first-order chi connectivity index (χ1) is 11.3. The quantitative estimate of drug-likeness (QED) is 0.538. The molecule has 6 nitrogen and oxygen atoms in total. The van der Waals surface area contributed by atoms with Crippen LogP contribution in [0.3, 0.4) is 0 Å². The van der Waals surface area contributed by atoms with Crippen LogP contribution < -0.4 is 10.6 Å². The zero-order chi connectivity index (χ0) is 17.7. The lowest BCUT2D eigenvalue weighted by molar-refractivity contribution is 0.0386. The van der Waals surface area contributed by atoms with Crippen molar-refractivity contribution in [2.75, 3.05) is 13.1 Å². The molecule has 3 N–H and O–H groups in total. The summed E-state index contributed by atoms with van der Waals surface area (Å²) in [4.78, 5) is 4.50. The van der Waals surface area contributed by atoms with Crippen LogP contribution in [0, 0.1) is 0 Å². The van der Waals surface area contributed by atoms with Crippen LogP contribution in [0.5, 0.6) is 0 Å². The van der Waals surface area contributed by atoms with E-state index in [0.717, 1.165) is 5.69 Å². The normalized spacial score (nSPS) is 14.5. The van der Waals surface area contributed by atoms with Crippen molar-refractivity contribution in [3.63, 3.8) is 0 Å². The first kappa shape index (κ1) is 18.7. The van der Waals surface area contributed by atoms with E-state index in [1.807, 2.05) is 14.0 Å². The number of guanidine groups is 1. The highest BCUT2D eigenvalue weighted by molar-refractivity contribution is 6.41. The Morgan fingerprint density at radius 3 is 2.71 bits per heavy atom. The summed E-state index contributed by atoms with van der Waals surface area (Å²) in [6, 6.07) is 5.27. The van der Waals surface area contributed by atoms with Gasteiger partial charge in [-0.1, -0.05) is 23.2 Å². The number of nitrogens with one attached hydrogen (secondary N) is 2. The minimum absolute atomic E-state index is 0.251. The molecule has 0 aliphatic heterocycles. The van der Waals surface area contributed by atoms with Gasteiger partial charge in [0.15, 0.2) is 5.96 Å². The minimum Gasteiger partial charge on any atom is -0.466 e. The second kappa shape index (κ2) is 7.96. The second-order valence-electron chi connectivity index (χ2n) is 5.63. The molecule has 1 atom stereocenters. The molecule has 2 rings (SSSR count). The largest absolute Gasteiger partial charge is 0.466 e. The molecule has 0 bridgehead atoms. The van der Waals surface area contributed by atoms with E-state index >= 15 is 0 Å². The van der Waals surface area contributed by atoms with Gasteiger partial charge in [0, 0.05) is 19.3 Å². The standard InChI is InChI=1S/C16H22Cl2N4O2/c1-4-19-15(20-9-11-8-12(17)14(18)22(11)3)21-10-16(2,23)13-6-5-7-24-13/h5-8,23H,4,9-10H2,1-3H3,(H2,19,20,21). The Kier molecular flexibility index (Phi) is 6.21. The summed E-state index contributed by atoms with van der Waals surface area (Å²) in [6.45, 7) is 5.00. The fourth-order valence-corrected chi connectivity index (χ4v) is 2.59. The Morgan fingerprint density at radius 2 is 2.17 bits per heavy atom. The van der Waals surface area contributed by atoms with E-state index in [2.05, 4.69) is 15.6 Å². The van der Waals surface area contributed by atoms with Gasteiger partial charge in [-0.3, -0.25) is 0 Å². The maximum Gasteiger partial charge on any atom is 0.191 e. The van der Waals surface area contributed by atoms with Gasteiger partial charge in [-0.2, -0.15) is 0 Å². The lowest BCUT2D eigenvalue weighted by Gasteiger charge is -2.22. The van der Waals surface area contributed by atoms with Gasteiger partial charge in [0.05, 0.1) is 24.4 Å². The van der Waals surface area contributed by atoms with Gasteiger partial charge in [-0.05, 0) is 32.0 Å². The molecule has 0 aliphatic rings. The highest BCUT2D eigenvalue weighted by Gasteiger charge is 2.26.